The van der Waals surface area contributed by atoms with Gasteiger partial charge in [-0.25, -0.2) is 22.4 Å². The van der Waals surface area contributed by atoms with E-state index in [4.69, 9.17) is 0 Å². The van der Waals surface area contributed by atoms with E-state index in [9.17, 15) is 23.1 Å². The lowest BCUT2D eigenvalue weighted by atomic mass is 9.75. The lowest BCUT2D eigenvalue weighted by Crippen LogP contribution is -2.15. The van der Waals surface area contributed by atoms with Gasteiger partial charge in [0.2, 0.25) is 0 Å². The minimum Gasteiger partial charge on any atom is -0.478 e. The van der Waals surface area contributed by atoms with Crippen LogP contribution < -0.4 is 0 Å². The van der Waals surface area contributed by atoms with Gasteiger partial charge in [-0.2, -0.15) is 0 Å². The molecule has 0 spiro atoms. The van der Waals surface area contributed by atoms with Gasteiger partial charge in [-0.1, -0.05) is 25.1 Å². The standard InChI is InChI=1S/C25H26F4O2/c1-2-3-4-5-6-15-7-9-16(10-8-15)18-11-12-19(25(30)31)23(28)22(18)17-13-20(26)24(29)21(27)14-17/h3-4,11-16H,2,5-10H2,1H3,(H,30,31). The van der Waals surface area contributed by atoms with Gasteiger partial charge in [-0.15, -0.1) is 0 Å². The molecule has 0 radical (unpaired) electrons. The van der Waals surface area contributed by atoms with Gasteiger partial charge in [0.1, 0.15) is 5.82 Å². The third kappa shape index (κ3) is 5.17. The van der Waals surface area contributed by atoms with Crippen molar-refractivity contribution in [2.75, 3.05) is 0 Å². The van der Waals surface area contributed by atoms with Crippen LogP contribution in [-0.4, -0.2) is 11.1 Å². The van der Waals surface area contributed by atoms with E-state index in [0.717, 1.165) is 57.1 Å². The molecule has 2 nitrogen and oxygen atoms in total. The Bertz CT molecular complexity index is 953. The number of halogens is 4. The summed E-state index contributed by atoms with van der Waals surface area (Å²) in [4.78, 5) is 11.4. The fraction of sp³-hybridized carbons (Fsp3) is 0.400. The van der Waals surface area contributed by atoms with Crippen LogP contribution in [0.3, 0.4) is 0 Å². The van der Waals surface area contributed by atoms with Crippen molar-refractivity contribution in [3.63, 3.8) is 0 Å². The Labute approximate surface area is 179 Å². The minimum atomic E-state index is -1.64. The van der Waals surface area contributed by atoms with E-state index < -0.39 is 34.8 Å². The lowest BCUT2D eigenvalue weighted by Gasteiger charge is -2.30. The largest absolute Gasteiger partial charge is 0.478 e. The fourth-order valence-electron chi connectivity index (χ4n) is 4.47. The van der Waals surface area contributed by atoms with Gasteiger partial charge in [-0.05, 0) is 86.1 Å². The number of allylic oxidation sites excluding steroid dienone is 2. The van der Waals surface area contributed by atoms with E-state index in [1.807, 2.05) is 0 Å². The molecule has 1 aliphatic carbocycles. The van der Waals surface area contributed by atoms with Crippen molar-refractivity contribution < 1.29 is 27.5 Å². The Morgan fingerprint density at radius 2 is 1.65 bits per heavy atom. The Morgan fingerprint density at radius 3 is 2.23 bits per heavy atom. The first kappa shape index (κ1) is 23.0. The number of carbonyl (C=O) groups is 1. The maximum Gasteiger partial charge on any atom is 0.338 e. The summed E-state index contributed by atoms with van der Waals surface area (Å²) < 4.78 is 56.3. The molecule has 1 N–H and O–H groups in total. The Kier molecular flexibility index (Phi) is 7.52. The van der Waals surface area contributed by atoms with Gasteiger partial charge < -0.3 is 5.11 Å². The smallest absolute Gasteiger partial charge is 0.338 e. The van der Waals surface area contributed by atoms with Crippen molar-refractivity contribution in [1.29, 1.82) is 0 Å². The summed E-state index contributed by atoms with van der Waals surface area (Å²) in [6.45, 7) is 2.09. The molecule has 6 heteroatoms. The van der Waals surface area contributed by atoms with E-state index in [-0.39, 0.29) is 17.0 Å². The van der Waals surface area contributed by atoms with Crippen molar-refractivity contribution in [2.24, 2.45) is 5.92 Å². The van der Waals surface area contributed by atoms with Crippen LogP contribution in [-0.2, 0) is 0 Å². The van der Waals surface area contributed by atoms with E-state index in [0.29, 0.717) is 11.5 Å². The third-order valence-corrected chi connectivity index (χ3v) is 6.11. The molecule has 0 aromatic heterocycles. The molecule has 0 atom stereocenters. The number of rotatable bonds is 7. The molecule has 0 saturated heterocycles. The first-order valence-corrected chi connectivity index (χ1v) is 10.7. The molecule has 2 aromatic rings. The SMILES string of the molecule is CCC=CCCC1CCC(c2ccc(C(=O)O)c(F)c2-c2cc(F)c(F)c(F)c2)CC1. The van der Waals surface area contributed by atoms with E-state index in [1.165, 1.54) is 12.1 Å². The highest BCUT2D eigenvalue weighted by Crippen LogP contribution is 2.43. The summed E-state index contributed by atoms with van der Waals surface area (Å²) in [5.74, 6) is -6.55. The quantitative estimate of drug-likeness (QED) is 0.276. The molecule has 0 bridgehead atoms. The third-order valence-electron chi connectivity index (χ3n) is 6.11. The molecule has 2 aromatic carbocycles. The number of hydrogen-bond donors (Lipinski definition) is 1. The molecule has 166 valence electrons. The number of hydrogen-bond acceptors (Lipinski definition) is 1. The molecule has 0 amide bonds. The molecule has 0 heterocycles. The van der Waals surface area contributed by atoms with Crippen molar-refractivity contribution in [1.82, 2.24) is 0 Å². The number of carboxylic acids is 1. The second-order valence-electron chi connectivity index (χ2n) is 8.13. The van der Waals surface area contributed by atoms with Crippen LogP contribution in [0.4, 0.5) is 17.6 Å². The number of carboxylic acid groups (broad SMARTS) is 1. The predicted molar refractivity (Wildman–Crippen MR) is 112 cm³/mol. The van der Waals surface area contributed by atoms with Crippen molar-refractivity contribution in [3.8, 4) is 11.1 Å². The normalized spacial score (nSPS) is 19.1. The number of benzene rings is 2. The zero-order valence-corrected chi connectivity index (χ0v) is 17.4. The van der Waals surface area contributed by atoms with Crippen LogP contribution >= 0.6 is 0 Å². The maximum absolute atomic E-state index is 15.2. The molecule has 3 rings (SSSR count). The van der Waals surface area contributed by atoms with E-state index >= 15 is 4.39 Å². The summed E-state index contributed by atoms with van der Waals surface area (Å²) in [7, 11) is 0. The molecule has 31 heavy (non-hydrogen) atoms. The molecule has 1 fully saturated rings. The van der Waals surface area contributed by atoms with Gasteiger partial charge >= 0.3 is 5.97 Å². The average molecular weight is 434 g/mol. The zero-order valence-electron chi connectivity index (χ0n) is 17.4. The minimum absolute atomic E-state index is 0.0639. The van der Waals surface area contributed by atoms with Crippen LogP contribution in [0.2, 0.25) is 0 Å². The molecular formula is C25H26F4O2. The molecule has 0 aliphatic heterocycles. The Hall–Kier alpha value is -2.63. The summed E-state index contributed by atoms with van der Waals surface area (Å²) in [5, 5.41) is 9.29. The highest BCUT2D eigenvalue weighted by molar-refractivity contribution is 5.90. The first-order chi connectivity index (χ1) is 14.8. The summed E-state index contributed by atoms with van der Waals surface area (Å²) >= 11 is 0. The summed E-state index contributed by atoms with van der Waals surface area (Å²) in [5.41, 5.74) is -0.427. The Balaban J connectivity index is 1.92. The second-order valence-corrected chi connectivity index (χ2v) is 8.13. The first-order valence-electron chi connectivity index (χ1n) is 10.7. The summed E-state index contributed by atoms with van der Waals surface area (Å²) in [6.07, 6.45) is 10.9. The van der Waals surface area contributed by atoms with E-state index in [1.54, 1.807) is 0 Å². The Morgan fingerprint density at radius 1 is 1.00 bits per heavy atom. The van der Waals surface area contributed by atoms with Crippen LogP contribution in [0.25, 0.3) is 11.1 Å². The van der Waals surface area contributed by atoms with Crippen molar-refractivity contribution >= 4 is 5.97 Å². The predicted octanol–water partition coefficient (Wildman–Crippen LogP) is 7.63. The highest BCUT2D eigenvalue weighted by Gasteiger charge is 2.28. The lowest BCUT2D eigenvalue weighted by molar-refractivity contribution is 0.0692. The molecule has 1 aliphatic rings. The second kappa shape index (κ2) is 10.1. The number of aromatic carboxylic acids is 1. The van der Waals surface area contributed by atoms with Crippen LogP contribution in [0.15, 0.2) is 36.4 Å². The van der Waals surface area contributed by atoms with Crippen LogP contribution in [0.1, 0.15) is 73.7 Å². The van der Waals surface area contributed by atoms with Crippen LogP contribution in [0.5, 0.6) is 0 Å². The van der Waals surface area contributed by atoms with Gasteiger partial charge in [-0.3, -0.25) is 0 Å². The van der Waals surface area contributed by atoms with Gasteiger partial charge in [0.15, 0.2) is 17.5 Å². The molecule has 1 saturated carbocycles. The molecular weight excluding hydrogens is 408 g/mol. The monoisotopic (exact) mass is 434 g/mol. The highest BCUT2D eigenvalue weighted by atomic mass is 19.2. The topological polar surface area (TPSA) is 37.3 Å². The fourth-order valence-corrected chi connectivity index (χ4v) is 4.47. The van der Waals surface area contributed by atoms with Gasteiger partial charge in [0, 0.05) is 5.56 Å². The van der Waals surface area contributed by atoms with Crippen molar-refractivity contribution in [3.05, 3.63) is 70.8 Å². The maximum atomic E-state index is 15.2. The van der Waals surface area contributed by atoms with Crippen LogP contribution in [0, 0.1) is 29.2 Å². The van der Waals surface area contributed by atoms with E-state index in [2.05, 4.69) is 19.1 Å². The summed E-state index contributed by atoms with van der Waals surface area (Å²) in [6, 6.07) is 4.15. The average Bonchev–Trinajstić information content (AvgIpc) is 2.74. The van der Waals surface area contributed by atoms with Gasteiger partial charge in [0.25, 0.3) is 0 Å². The van der Waals surface area contributed by atoms with Crippen molar-refractivity contribution in [2.45, 2.75) is 57.8 Å². The zero-order chi connectivity index (χ0) is 22.5. The van der Waals surface area contributed by atoms with Gasteiger partial charge in [0.05, 0.1) is 5.56 Å². The molecule has 0 unspecified atom stereocenters.